The van der Waals surface area contributed by atoms with Crippen LogP contribution in [-0.4, -0.2) is 19.9 Å². The third-order valence-electron chi connectivity index (χ3n) is 2.67. The summed E-state index contributed by atoms with van der Waals surface area (Å²) in [5.41, 5.74) is 0.444. The number of hydrogen-bond acceptors (Lipinski definition) is 4. The number of nitrogens with one attached hydrogen (secondary N) is 1. The Hall–Kier alpha value is -1.02. The molecule has 0 unspecified atom stereocenters. The van der Waals surface area contributed by atoms with E-state index < -0.39 is 15.8 Å². The van der Waals surface area contributed by atoms with E-state index in [1.54, 1.807) is 17.5 Å². The van der Waals surface area contributed by atoms with Crippen molar-refractivity contribution in [2.45, 2.75) is 19.1 Å². The van der Waals surface area contributed by atoms with E-state index in [4.69, 9.17) is 11.6 Å². The minimum Gasteiger partial charge on any atom is -0.249 e. The molecule has 0 radical (unpaired) electrons. The van der Waals surface area contributed by atoms with Gasteiger partial charge >= 0.3 is 0 Å². The quantitative estimate of drug-likeness (QED) is 0.873. The number of aromatic nitrogens is 1. The fourth-order valence-electron chi connectivity index (χ4n) is 1.73. The van der Waals surface area contributed by atoms with Crippen LogP contribution in [0.4, 0.5) is 4.39 Å². The van der Waals surface area contributed by atoms with Gasteiger partial charge in [-0.3, -0.25) is 0 Å². The van der Waals surface area contributed by atoms with E-state index in [1.807, 2.05) is 6.92 Å². The van der Waals surface area contributed by atoms with E-state index in [1.165, 1.54) is 12.1 Å². The average Bonchev–Trinajstić information content (AvgIpc) is 2.79. The van der Waals surface area contributed by atoms with Crippen LogP contribution < -0.4 is 4.72 Å². The number of hydrogen-bond donors (Lipinski definition) is 1. The van der Waals surface area contributed by atoms with Crippen molar-refractivity contribution in [2.75, 3.05) is 6.54 Å². The third kappa shape index (κ3) is 5.03. The number of aryl methyl sites for hydroxylation is 1. The van der Waals surface area contributed by atoms with Gasteiger partial charge in [0.1, 0.15) is 5.82 Å². The van der Waals surface area contributed by atoms with E-state index in [2.05, 4.69) is 9.71 Å². The Morgan fingerprint density at radius 2 is 2.19 bits per heavy atom. The van der Waals surface area contributed by atoms with Gasteiger partial charge in [0.2, 0.25) is 10.0 Å². The van der Waals surface area contributed by atoms with Crippen LogP contribution in [0.3, 0.4) is 0 Å². The molecular weight excluding hydrogens is 335 g/mol. The lowest BCUT2D eigenvalue weighted by Gasteiger charge is -2.06. The summed E-state index contributed by atoms with van der Waals surface area (Å²) in [6.07, 6.45) is 2.30. The summed E-state index contributed by atoms with van der Waals surface area (Å²) in [4.78, 5) is 5.26. The average molecular weight is 349 g/mol. The Bertz CT molecular complexity index is 732. The molecule has 0 spiro atoms. The van der Waals surface area contributed by atoms with E-state index in [0.29, 0.717) is 12.0 Å². The van der Waals surface area contributed by atoms with Crippen molar-refractivity contribution >= 4 is 33.0 Å². The van der Waals surface area contributed by atoms with Gasteiger partial charge in [0.15, 0.2) is 0 Å². The maximum absolute atomic E-state index is 13.0. The number of thiazole rings is 1. The Labute approximate surface area is 132 Å². The molecule has 0 amide bonds. The topological polar surface area (TPSA) is 59.1 Å². The van der Waals surface area contributed by atoms with Crippen molar-refractivity contribution in [3.8, 4) is 0 Å². The molecule has 0 bridgehead atoms. The molecule has 8 heteroatoms. The normalized spacial score (nSPS) is 11.8. The molecule has 0 aliphatic carbocycles. The van der Waals surface area contributed by atoms with Crippen molar-refractivity contribution in [1.82, 2.24) is 9.71 Å². The van der Waals surface area contributed by atoms with Crippen LogP contribution in [0.25, 0.3) is 0 Å². The predicted molar refractivity (Wildman–Crippen MR) is 82.6 cm³/mol. The summed E-state index contributed by atoms with van der Waals surface area (Å²) in [6, 6.07) is 3.89. The van der Waals surface area contributed by atoms with Gasteiger partial charge in [-0.15, -0.1) is 11.3 Å². The van der Waals surface area contributed by atoms with E-state index >= 15 is 0 Å². The molecule has 1 aromatic heterocycles. The molecule has 21 heavy (non-hydrogen) atoms. The molecule has 0 aliphatic rings. The summed E-state index contributed by atoms with van der Waals surface area (Å²) in [7, 11) is -3.48. The predicted octanol–water partition coefficient (Wildman–Crippen LogP) is 2.91. The van der Waals surface area contributed by atoms with E-state index in [-0.39, 0.29) is 17.3 Å². The highest BCUT2D eigenvalue weighted by atomic mass is 35.5. The standard InChI is InChI=1S/C13H14ClFN2O2S2/c1-9-7-16-13(20-9)4-5-17-21(18,19)8-10-2-3-12(15)11(14)6-10/h2-3,6-7,17H,4-5,8H2,1H3. The Kier molecular flexibility index (Phi) is 5.32. The summed E-state index contributed by atoms with van der Waals surface area (Å²) in [5, 5.41) is 0.806. The van der Waals surface area contributed by atoms with Crippen LogP contribution in [0.2, 0.25) is 5.02 Å². The SMILES string of the molecule is Cc1cnc(CCNS(=O)(=O)Cc2ccc(F)c(Cl)c2)s1. The van der Waals surface area contributed by atoms with Crippen molar-refractivity contribution in [3.05, 3.63) is 50.7 Å². The summed E-state index contributed by atoms with van der Waals surface area (Å²) < 4.78 is 39.4. The molecule has 0 saturated heterocycles. The second-order valence-electron chi connectivity index (χ2n) is 4.52. The molecule has 2 rings (SSSR count). The monoisotopic (exact) mass is 348 g/mol. The van der Waals surface area contributed by atoms with E-state index in [9.17, 15) is 12.8 Å². The van der Waals surface area contributed by atoms with Gasteiger partial charge in [-0.25, -0.2) is 22.5 Å². The largest absolute Gasteiger partial charge is 0.249 e. The zero-order valence-corrected chi connectivity index (χ0v) is 13.7. The summed E-state index contributed by atoms with van der Waals surface area (Å²) >= 11 is 7.17. The van der Waals surface area contributed by atoms with Crippen LogP contribution in [0.1, 0.15) is 15.4 Å². The van der Waals surface area contributed by atoms with E-state index in [0.717, 1.165) is 16.0 Å². The van der Waals surface area contributed by atoms with Gasteiger partial charge in [0, 0.05) is 24.0 Å². The Morgan fingerprint density at radius 1 is 1.43 bits per heavy atom. The molecule has 4 nitrogen and oxygen atoms in total. The first-order valence-electron chi connectivity index (χ1n) is 6.18. The molecular formula is C13H14ClFN2O2S2. The molecule has 1 aromatic carbocycles. The first kappa shape index (κ1) is 16.4. The lowest BCUT2D eigenvalue weighted by molar-refractivity contribution is 0.580. The van der Waals surface area contributed by atoms with Crippen molar-refractivity contribution in [2.24, 2.45) is 0 Å². The van der Waals surface area contributed by atoms with Crippen LogP contribution >= 0.6 is 22.9 Å². The summed E-state index contributed by atoms with van der Waals surface area (Å²) in [6.45, 7) is 2.23. The smallest absolute Gasteiger partial charge is 0.215 e. The number of halogens is 2. The van der Waals surface area contributed by atoms with Gasteiger partial charge in [-0.1, -0.05) is 17.7 Å². The van der Waals surface area contributed by atoms with Crippen LogP contribution in [-0.2, 0) is 22.2 Å². The Morgan fingerprint density at radius 3 is 2.81 bits per heavy atom. The molecule has 0 atom stereocenters. The molecule has 2 aromatic rings. The highest BCUT2D eigenvalue weighted by Gasteiger charge is 2.12. The van der Waals surface area contributed by atoms with Gasteiger partial charge in [-0.2, -0.15) is 0 Å². The van der Waals surface area contributed by atoms with Crippen LogP contribution in [0.15, 0.2) is 24.4 Å². The maximum atomic E-state index is 13.0. The lowest BCUT2D eigenvalue weighted by atomic mass is 10.2. The lowest BCUT2D eigenvalue weighted by Crippen LogP contribution is -2.27. The number of sulfonamides is 1. The number of benzene rings is 1. The van der Waals surface area contributed by atoms with Crippen molar-refractivity contribution in [1.29, 1.82) is 0 Å². The Balaban J connectivity index is 1.90. The molecule has 0 saturated carbocycles. The van der Waals surface area contributed by atoms with Crippen molar-refractivity contribution < 1.29 is 12.8 Å². The first-order valence-corrected chi connectivity index (χ1v) is 9.03. The molecule has 0 aliphatic heterocycles. The van der Waals surface area contributed by atoms with Crippen molar-refractivity contribution in [3.63, 3.8) is 0 Å². The zero-order chi connectivity index (χ0) is 15.5. The number of rotatable bonds is 6. The van der Waals surface area contributed by atoms with Crippen LogP contribution in [0.5, 0.6) is 0 Å². The second kappa shape index (κ2) is 6.83. The van der Waals surface area contributed by atoms with Gasteiger partial charge < -0.3 is 0 Å². The second-order valence-corrected chi connectivity index (χ2v) is 8.05. The molecule has 114 valence electrons. The van der Waals surface area contributed by atoms with Gasteiger partial charge in [0.25, 0.3) is 0 Å². The highest BCUT2D eigenvalue weighted by molar-refractivity contribution is 7.88. The number of nitrogens with zero attached hydrogens (tertiary/aromatic N) is 1. The highest BCUT2D eigenvalue weighted by Crippen LogP contribution is 2.17. The molecule has 0 fully saturated rings. The van der Waals surface area contributed by atoms with Crippen LogP contribution in [0, 0.1) is 12.7 Å². The fraction of sp³-hybridized carbons (Fsp3) is 0.308. The van der Waals surface area contributed by atoms with Gasteiger partial charge in [-0.05, 0) is 24.6 Å². The maximum Gasteiger partial charge on any atom is 0.215 e. The molecule has 1 N–H and O–H groups in total. The fourth-order valence-corrected chi connectivity index (χ4v) is 3.85. The minimum atomic E-state index is -3.48. The minimum absolute atomic E-state index is 0.0824. The summed E-state index contributed by atoms with van der Waals surface area (Å²) in [5.74, 6) is -0.797. The first-order chi connectivity index (χ1) is 9.85. The third-order valence-corrected chi connectivity index (χ3v) is 5.29. The zero-order valence-electron chi connectivity index (χ0n) is 11.3. The van der Waals surface area contributed by atoms with Gasteiger partial charge in [0.05, 0.1) is 15.8 Å². The molecule has 1 heterocycles.